The van der Waals surface area contributed by atoms with Crippen molar-refractivity contribution in [3.05, 3.63) is 34.9 Å². The molecule has 0 bridgehead atoms. The molecular weight excluding hydrogens is 232 g/mol. The van der Waals surface area contributed by atoms with E-state index in [4.69, 9.17) is 0 Å². The topological polar surface area (TPSA) is 15.3 Å². The van der Waals surface area contributed by atoms with Gasteiger partial charge >= 0.3 is 0 Å². The Kier molecular flexibility index (Phi) is 6.53. The Morgan fingerprint density at radius 1 is 1.11 bits per heavy atom. The van der Waals surface area contributed by atoms with Gasteiger partial charge in [-0.25, -0.2) is 0 Å². The van der Waals surface area contributed by atoms with Crippen LogP contribution in [0.1, 0.15) is 37.0 Å². The second-order valence-electron chi connectivity index (χ2n) is 6.25. The molecule has 0 heterocycles. The van der Waals surface area contributed by atoms with Crippen LogP contribution < -0.4 is 5.32 Å². The lowest BCUT2D eigenvalue weighted by molar-refractivity contribution is 0.246. The van der Waals surface area contributed by atoms with Gasteiger partial charge in [-0.15, -0.1) is 0 Å². The first-order chi connectivity index (χ1) is 8.91. The van der Waals surface area contributed by atoms with Crippen LogP contribution >= 0.6 is 0 Å². The molecule has 1 unspecified atom stereocenters. The molecular formula is C17H30N2. The number of nitrogens with one attached hydrogen (secondary N) is 1. The van der Waals surface area contributed by atoms with Crippen molar-refractivity contribution in [3.8, 4) is 0 Å². The summed E-state index contributed by atoms with van der Waals surface area (Å²) in [5, 5.41) is 3.63. The highest BCUT2D eigenvalue weighted by molar-refractivity contribution is 5.33. The van der Waals surface area contributed by atoms with Crippen molar-refractivity contribution in [1.82, 2.24) is 10.2 Å². The highest BCUT2D eigenvalue weighted by Crippen LogP contribution is 2.13. The average Bonchev–Trinajstić information content (AvgIpc) is 2.30. The number of aryl methyl sites for hydroxylation is 2. The molecule has 1 aromatic carbocycles. The lowest BCUT2D eigenvalue weighted by atomic mass is 10.0. The van der Waals surface area contributed by atoms with Crippen LogP contribution in [0.25, 0.3) is 0 Å². The molecule has 0 saturated heterocycles. The molecule has 0 aromatic heterocycles. The van der Waals surface area contributed by atoms with E-state index in [0.717, 1.165) is 19.0 Å². The van der Waals surface area contributed by atoms with E-state index in [1.54, 1.807) is 0 Å². The molecule has 0 saturated carbocycles. The van der Waals surface area contributed by atoms with Gasteiger partial charge in [-0.1, -0.05) is 32.0 Å². The first-order valence-corrected chi connectivity index (χ1v) is 7.34. The minimum atomic E-state index is 0.615. The Bertz CT molecular complexity index is 363. The molecule has 0 fully saturated rings. The van der Waals surface area contributed by atoms with Crippen molar-refractivity contribution < 1.29 is 0 Å². The molecule has 108 valence electrons. The third-order valence-corrected chi connectivity index (χ3v) is 3.80. The van der Waals surface area contributed by atoms with Gasteiger partial charge in [0.2, 0.25) is 0 Å². The van der Waals surface area contributed by atoms with E-state index >= 15 is 0 Å². The van der Waals surface area contributed by atoms with Gasteiger partial charge in [-0.2, -0.15) is 0 Å². The van der Waals surface area contributed by atoms with Crippen molar-refractivity contribution in [2.75, 3.05) is 20.6 Å². The number of likely N-dealkylation sites (N-methyl/N-ethyl adjacent to an activating group) is 1. The smallest absolute Gasteiger partial charge is 0.0217 e. The third kappa shape index (κ3) is 5.33. The minimum absolute atomic E-state index is 0.615. The molecule has 0 amide bonds. The van der Waals surface area contributed by atoms with Crippen LogP contribution in [0.5, 0.6) is 0 Å². The maximum absolute atomic E-state index is 3.63. The molecule has 2 heteroatoms. The molecule has 1 atom stereocenters. The van der Waals surface area contributed by atoms with Gasteiger partial charge in [0.25, 0.3) is 0 Å². The van der Waals surface area contributed by atoms with E-state index in [2.05, 4.69) is 70.2 Å². The standard InChI is InChI=1S/C17H30N2/c1-13(2)10-16(19(5)6)11-18-12-17-14(3)8-7-9-15(17)4/h7-9,13,16,18H,10-12H2,1-6H3. The summed E-state index contributed by atoms with van der Waals surface area (Å²) in [6.45, 7) is 11.0. The zero-order valence-corrected chi connectivity index (χ0v) is 13.5. The molecule has 1 N–H and O–H groups in total. The van der Waals surface area contributed by atoms with E-state index < -0.39 is 0 Å². The number of hydrogen-bond donors (Lipinski definition) is 1. The van der Waals surface area contributed by atoms with Crippen molar-refractivity contribution in [2.24, 2.45) is 5.92 Å². The maximum atomic E-state index is 3.63. The summed E-state index contributed by atoms with van der Waals surface area (Å²) in [6.07, 6.45) is 1.24. The van der Waals surface area contributed by atoms with Gasteiger partial charge in [0.05, 0.1) is 0 Å². The molecule has 0 spiro atoms. The molecule has 1 rings (SSSR count). The molecule has 19 heavy (non-hydrogen) atoms. The van der Waals surface area contributed by atoms with E-state index in [9.17, 15) is 0 Å². The fourth-order valence-corrected chi connectivity index (χ4v) is 2.51. The minimum Gasteiger partial charge on any atom is -0.311 e. The monoisotopic (exact) mass is 262 g/mol. The molecule has 0 aliphatic heterocycles. The molecule has 0 aliphatic rings. The second kappa shape index (κ2) is 7.66. The summed E-state index contributed by atoms with van der Waals surface area (Å²) >= 11 is 0. The van der Waals surface area contributed by atoms with Crippen LogP contribution in [0.3, 0.4) is 0 Å². The van der Waals surface area contributed by atoms with Gasteiger partial charge in [0, 0.05) is 19.1 Å². The lowest BCUT2D eigenvalue weighted by Gasteiger charge is -2.26. The summed E-state index contributed by atoms with van der Waals surface area (Å²) in [4.78, 5) is 2.33. The summed E-state index contributed by atoms with van der Waals surface area (Å²) in [6, 6.07) is 7.14. The normalized spacial score (nSPS) is 13.3. The number of nitrogens with zero attached hydrogens (tertiary/aromatic N) is 1. The SMILES string of the molecule is Cc1cccc(C)c1CNCC(CC(C)C)N(C)C. The van der Waals surface area contributed by atoms with Crippen LogP contribution in [-0.2, 0) is 6.54 Å². The van der Waals surface area contributed by atoms with Crippen LogP contribution in [0.15, 0.2) is 18.2 Å². The van der Waals surface area contributed by atoms with Gasteiger partial charge < -0.3 is 10.2 Å². The van der Waals surface area contributed by atoms with Gasteiger partial charge in [0.1, 0.15) is 0 Å². The van der Waals surface area contributed by atoms with E-state index in [-0.39, 0.29) is 0 Å². The van der Waals surface area contributed by atoms with Crippen molar-refractivity contribution in [3.63, 3.8) is 0 Å². The van der Waals surface area contributed by atoms with Crippen LogP contribution in [0.2, 0.25) is 0 Å². The highest BCUT2D eigenvalue weighted by atomic mass is 15.1. The van der Waals surface area contributed by atoms with Crippen LogP contribution in [-0.4, -0.2) is 31.6 Å². The Labute approximate surface area is 119 Å². The quantitative estimate of drug-likeness (QED) is 0.810. The Morgan fingerprint density at radius 2 is 1.68 bits per heavy atom. The first kappa shape index (κ1) is 16.2. The number of rotatable bonds is 7. The number of hydrogen-bond acceptors (Lipinski definition) is 2. The zero-order valence-electron chi connectivity index (χ0n) is 13.5. The second-order valence-corrected chi connectivity index (χ2v) is 6.25. The maximum Gasteiger partial charge on any atom is 0.0217 e. The molecule has 2 nitrogen and oxygen atoms in total. The van der Waals surface area contributed by atoms with Crippen molar-refractivity contribution in [1.29, 1.82) is 0 Å². The lowest BCUT2D eigenvalue weighted by Crippen LogP contribution is -2.38. The molecule has 0 radical (unpaired) electrons. The van der Waals surface area contributed by atoms with Gasteiger partial charge in [-0.05, 0) is 57.0 Å². The summed E-state index contributed by atoms with van der Waals surface area (Å²) in [7, 11) is 4.35. The first-order valence-electron chi connectivity index (χ1n) is 7.34. The zero-order chi connectivity index (χ0) is 14.4. The van der Waals surface area contributed by atoms with E-state index in [1.165, 1.54) is 23.1 Å². The van der Waals surface area contributed by atoms with Gasteiger partial charge in [-0.3, -0.25) is 0 Å². The average molecular weight is 262 g/mol. The fraction of sp³-hybridized carbons (Fsp3) is 0.647. The van der Waals surface area contributed by atoms with Crippen LogP contribution in [0, 0.1) is 19.8 Å². The fourth-order valence-electron chi connectivity index (χ4n) is 2.51. The molecule has 0 aliphatic carbocycles. The van der Waals surface area contributed by atoms with E-state index in [1.807, 2.05) is 0 Å². The molecule has 1 aromatic rings. The predicted octanol–water partition coefficient (Wildman–Crippen LogP) is 3.37. The van der Waals surface area contributed by atoms with Crippen LogP contribution in [0.4, 0.5) is 0 Å². The Morgan fingerprint density at radius 3 is 2.16 bits per heavy atom. The third-order valence-electron chi connectivity index (χ3n) is 3.80. The largest absolute Gasteiger partial charge is 0.311 e. The van der Waals surface area contributed by atoms with Crippen molar-refractivity contribution >= 4 is 0 Å². The van der Waals surface area contributed by atoms with E-state index in [0.29, 0.717) is 6.04 Å². The highest BCUT2D eigenvalue weighted by Gasteiger charge is 2.13. The van der Waals surface area contributed by atoms with Crippen molar-refractivity contribution in [2.45, 2.75) is 46.7 Å². The Hall–Kier alpha value is -0.860. The number of benzene rings is 1. The Balaban J connectivity index is 2.52. The summed E-state index contributed by atoms with van der Waals surface area (Å²) in [5.74, 6) is 0.745. The summed E-state index contributed by atoms with van der Waals surface area (Å²) < 4.78 is 0. The predicted molar refractivity (Wildman–Crippen MR) is 84.6 cm³/mol. The summed E-state index contributed by atoms with van der Waals surface area (Å²) in [5.41, 5.74) is 4.22. The van der Waals surface area contributed by atoms with Gasteiger partial charge in [0.15, 0.2) is 0 Å².